The molecule has 0 unspecified atom stereocenters. The molecule has 2 rings (SSSR count). The van der Waals surface area contributed by atoms with E-state index in [1.165, 1.54) is 0 Å². The van der Waals surface area contributed by atoms with Crippen molar-refractivity contribution in [2.24, 2.45) is 5.10 Å². The van der Waals surface area contributed by atoms with E-state index >= 15 is 0 Å². The third-order valence-electron chi connectivity index (χ3n) is 2.92. The fourth-order valence-electron chi connectivity index (χ4n) is 1.92. The number of benzene rings is 1. The maximum atomic E-state index is 8.63. The van der Waals surface area contributed by atoms with Crippen LogP contribution in [0.15, 0.2) is 21.7 Å². The van der Waals surface area contributed by atoms with Crippen LogP contribution in [0.5, 0.6) is 0 Å². The summed E-state index contributed by atoms with van der Waals surface area (Å²) in [6, 6.07) is 6.82. The van der Waals surface area contributed by atoms with Crippen molar-refractivity contribution < 1.29 is 4.42 Å². The van der Waals surface area contributed by atoms with Gasteiger partial charge in [0, 0.05) is 11.8 Å². The molecule has 0 spiro atoms. The SMILES string of the molecule is CCc1oc2c(Cl)cc(NN=C(C#N)C#N)cc2c1C. The van der Waals surface area contributed by atoms with Crippen LogP contribution in [0.1, 0.15) is 18.2 Å². The van der Waals surface area contributed by atoms with E-state index in [-0.39, 0.29) is 5.71 Å². The molecular formula is C14H11ClN4O. The van der Waals surface area contributed by atoms with Crippen LogP contribution in [0.2, 0.25) is 5.02 Å². The largest absolute Gasteiger partial charge is 0.459 e. The van der Waals surface area contributed by atoms with Gasteiger partial charge in [-0.1, -0.05) is 18.5 Å². The molecule has 0 saturated heterocycles. The third-order valence-corrected chi connectivity index (χ3v) is 3.20. The predicted molar refractivity (Wildman–Crippen MR) is 77.6 cm³/mol. The second-order valence-electron chi connectivity index (χ2n) is 4.13. The van der Waals surface area contributed by atoms with E-state index < -0.39 is 0 Å². The smallest absolute Gasteiger partial charge is 0.237 e. The fraction of sp³-hybridized carbons (Fsp3) is 0.214. The zero-order valence-electron chi connectivity index (χ0n) is 11.0. The first kappa shape index (κ1) is 13.9. The highest BCUT2D eigenvalue weighted by Gasteiger charge is 2.13. The number of nitrogens with zero attached hydrogens (tertiary/aromatic N) is 3. The van der Waals surface area contributed by atoms with Gasteiger partial charge in [0.05, 0.1) is 10.7 Å². The topological polar surface area (TPSA) is 85.1 Å². The second-order valence-corrected chi connectivity index (χ2v) is 4.54. The molecule has 0 bridgehead atoms. The Morgan fingerprint density at radius 2 is 2.10 bits per heavy atom. The van der Waals surface area contributed by atoms with Gasteiger partial charge in [-0.2, -0.15) is 15.6 Å². The van der Waals surface area contributed by atoms with Crippen molar-refractivity contribution in [2.75, 3.05) is 5.43 Å². The Bertz CT molecular complexity index is 761. The zero-order valence-corrected chi connectivity index (χ0v) is 11.7. The Kier molecular flexibility index (Phi) is 3.93. The maximum Gasteiger partial charge on any atom is 0.237 e. The summed E-state index contributed by atoms with van der Waals surface area (Å²) in [5.74, 6) is 0.886. The van der Waals surface area contributed by atoms with Crippen molar-refractivity contribution in [1.82, 2.24) is 0 Å². The van der Waals surface area contributed by atoms with Gasteiger partial charge in [0.25, 0.3) is 0 Å². The summed E-state index contributed by atoms with van der Waals surface area (Å²) < 4.78 is 5.70. The van der Waals surface area contributed by atoms with Crippen molar-refractivity contribution in [3.63, 3.8) is 0 Å². The van der Waals surface area contributed by atoms with E-state index in [0.717, 1.165) is 23.1 Å². The number of nitriles is 2. The number of aryl methyl sites for hydroxylation is 2. The Balaban J connectivity index is 2.48. The average Bonchev–Trinajstić information content (AvgIpc) is 2.77. The van der Waals surface area contributed by atoms with E-state index in [9.17, 15) is 0 Å². The van der Waals surface area contributed by atoms with Crippen molar-refractivity contribution in [3.8, 4) is 12.1 Å². The zero-order chi connectivity index (χ0) is 14.7. The van der Waals surface area contributed by atoms with Crippen LogP contribution >= 0.6 is 11.6 Å². The van der Waals surface area contributed by atoms with E-state index in [1.807, 2.05) is 19.9 Å². The lowest BCUT2D eigenvalue weighted by molar-refractivity contribution is 0.553. The minimum Gasteiger partial charge on any atom is -0.459 e. The summed E-state index contributed by atoms with van der Waals surface area (Å²) >= 11 is 6.18. The van der Waals surface area contributed by atoms with Gasteiger partial charge in [0.15, 0.2) is 5.58 Å². The quantitative estimate of drug-likeness (QED) is 0.687. The average molecular weight is 287 g/mol. The van der Waals surface area contributed by atoms with E-state index in [0.29, 0.717) is 16.3 Å². The van der Waals surface area contributed by atoms with Gasteiger partial charge >= 0.3 is 0 Å². The summed E-state index contributed by atoms with van der Waals surface area (Å²) in [5.41, 5.74) is 4.66. The van der Waals surface area contributed by atoms with Crippen LogP contribution in [0.3, 0.4) is 0 Å². The standard InChI is InChI=1S/C14H11ClN4O/c1-3-13-8(2)11-4-9(5-12(15)14(11)20-13)18-19-10(6-16)7-17/h4-5,18H,3H2,1-2H3. The number of fused-ring (bicyclic) bond motifs is 1. The number of hydrazone groups is 1. The van der Waals surface area contributed by atoms with E-state index in [2.05, 4.69) is 10.5 Å². The molecule has 0 atom stereocenters. The number of halogens is 1. The van der Waals surface area contributed by atoms with Gasteiger partial charge < -0.3 is 4.42 Å². The molecular weight excluding hydrogens is 276 g/mol. The normalized spacial score (nSPS) is 9.85. The first-order chi connectivity index (χ1) is 9.60. The van der Waals surface area contributed by atoms with Crippen LogP contribution in [0.4, 0.5) is 5.69 Å². The highest BCUT2D eigenvalue weighted by atomic mass is 35.5. The van der Waals surface area contributed by atoms with Gasteiger partial charge in [-0.05, 0) is 24.6 Å². The molecule has 0 saturated carbocycles. The number of hydrogen-bond donors (Lipinski definition) is 1. The highest BCUT2D eigenvalue weighted by molar-refractivity contribution is 6.35. The number of furan rings is 1. The lowest BCUT2D eigenvalue weighted by Gasteiger charge is -2.01. The van der Waals surface area contributed by atoms with Crippen LogP contribution in [-0.2, 0) is 6.42 Å². The molecule has 0 aliphatic carbocycles. The summed E-state index contributed by atoms with van der Waals surface area (Å²) in [7, 11) is 0. The molecule has 1 N–H and O–H groups in total. The molecule has 1 aromatic heterocycles. The monoisotopic (exact) mass is 286 g/mol. The molecule has 20 heavy (non-hydrogen) atoms. The minimum atomic E-state index is -0.251. The molecule has 0 amide bonds. The second kappa shape index (κ2) is 5.64. The molecule has 0 aliphatic heterocycles. The Morgan fingerprint density at radius 3 is 2.70 bits per heavy atom. The fourth-order valence-corrected chi connectivity index (χ4v) is 2.18. The Morgan fingerprint density at radius 1 is 1.40 bits per heavy atom. The van der Waals surface area contributed by atoms with Gasteiger partial charge in [-0.15, -0.1) is 0 Å². The third kappa shape index (κ3) is 2.45. The lowest BCUT2D eigenvalue weighted by atomic mass is 10.1. The Labute approximate surface area is 121 Å². The Hall–Kier alpha value is -2.50. The molecule has 0 aliphatic rings. The lowest BCUT2D eigenvalue weighted by Crippen LogP contribution is -1.96. The summed E-state index contributed by atoms with van der Waals surface area (Å²) in [4.78, 5) is 0. The molecule has 0 radical (unpaired) electrons. The number of hydrogen-bond acceptors (Lipinski definition) is 5. The van der Waals surface area contributed by atoms with Crippen LogP contribution < -0.4 is 5.43 Å². The number of rotatable bonds is 3. The molecule has 2 aromatic rings. The molecule has 100 valence electrons. The highest BCUT2D eigenvalue weighted by Crippen LogP contribution is 2.34. The van der Waals surface area contributed by atoms with Gasteiger partial charge in [0.2, 0.25) is 5.71 Å². The van der Waals surface area contributed by atoms with Gasteiger partial charge in [-0.3, -0.25) is 5.43 Å². The van der Waals surface area contributed by atoms with Crippen molar-refractivity contribution >= 4 is 34.0 Å². The molecule has 1 heterocycles. The van der Waals surface area contributed by atoms with Crippen molar-refractivity contribution in [3.05, 3.63) is 28.5 Å². The molecule has 5 nitrogen and oxygen atoms in total. The summed E-state index contributed by atoms with van der Waals surface area (Å²) in [6.07, 6.45) is 0.783. The number of nitrogens with one attached hydrogen (secondary N) is 1. The summed E-state index contributed by atoms with van der Waals surface area (Å²) in [6.45, 7) is 3.97. The number of anilines is 1. The molecule has 6 heteroatoms. The molecule has 1 aromatic carbocycles. The maximum absolute atomic E-state index is 8.63. The van der Waals surface area contributed by atoms with Crippen molar-refractivity contribution in [2.45, 2.75) is 20.3 Å². The van der Waals surface area contributed by atoms with E-state index in [4.69, 9.17) is 26.5 Å². The summed E-state index contributed by atoms with van der Waals surface area (Å²) in [5, 5.41) is 22.3. The first-order valence-electron chi connectivity index (χ1n) is 5.96. The molecule has 0 fully saturated rings. The van der Waals surface area contributed by atoms with Crippen LogP contribution in [-0.4, -0.2) is 5.71 Å². The first-order valence-corrected chi connectivity index (χ1v) is 6.33. The van der Waals surface area contributed by atoms with Gasteiger partial charge in [-0.25, -0.2) is 0 Å². The van der Waals surface area contributed by atoms with Crippen LogP contribution in [0, 0.1) is 29.6 Å². The van der Waals surface area contributed by atoms with E-state index in [1.54, 1.807) is 18.2 Å². The van der Waals surface area contributed by atoms with Gasteiger partial charge in [0.1, 0.15) is 17.9 Å². The van der Waals surface area contributed by atoms with Crippen LogP contribution in [0.25, 0.3) is 11.0 Å². The predicted octanol–water partition coefficient (Wildman–Crippen LogP) is 3.77. The minimum absolute atomic E-state index is 0.251. The van der Waals surface area contributed by atoms with Crippen molar-refractivity contribution in [1.29, 1.82) is 10.5 Å².